The van der Waals surface area contributed by atoms with Gasteiger partial charge in [-0.05, 0) is 26.0 Å². The first-order chi connectivity index (χ1) is 16.0. The number of nitrogens with one attached hydrogen (secondary N) is 1. The van der Waals surface area contributed by atoms with Gasteiger partial charge in [0.25, 0.3) is 0 Å². The highest BCUT2D eigenvalue weighted by atomic mass is 16.5. The molecule has 11 nitrogen and oxygen atoms in total. The van der Waals surface area contributed by atoms with Gasteiger partial charge in [0, 0.05) is 50.3 Å². The van der Waals surface area contributed by atoms with Crippen molar-refractivity contribution >= 4 is 28.9 Å². The minimum Gasteiger partial charge on any atom is -0.368 e. The number of hydrogen-bond donors (Lipinski definition) is 1. The van der Waals surface area contributed by atoms with Crippen molar-refractivity contribution in [3.05, 3.63) is 64.5 Å². The minimum absolute atomic E-state index is 0.243. The molecule has 0 saturated carbocycles. The number of rotatable bonds is 5. The average molecular weight is 448 g/mol. The molecule has 5 rings (SSSR count). The molecule has 1 aliphatic heterocycles. The van der Waals surface area contributed by atoms with E-state index in [9.17, 15) is 9.59 Å². The summed E-state index contributed by atoms with van der Waals surface area (Å²) in [5.41, 5.74) is 2.45. The van der Waals surface area contributed by atoms with Crippen LogP contribution in [0.4, 0.5) is 17.3 Å². The fourth-order valence-electron chi connectivity index (χ4n) is 3.94. The molecule has 1 aromatic carbocycles. The Morgan fingerprint density at radius 1 is 1.09 bits per heavy atom. The number of carbonyl (C=O) groups is 1. The summed E-state index contributed by atoms with van der Waals surface area (Å²) in [6, 6.07) is 10.1. The molecule has 0 aliphatic carbocycles. The summed E-state index contributed by atoms with van der Waals surface area (Å²) in [6.07, 6.45) is 3.15. The van der Waals surface area contributed by atoms with Crippen molar-refractivity contribution in [3.63, 3.8) is 0 Å². The standard InChI is InChI=1S/C22H24N8O3/c1-15-3-5-17(6-4-15)27-9-11-28(12-10-27)20-21-25-30(22(32)29(21)8-7-23-20)14-19(31)24-18-13-16(2)33-26-18/h3-8,13H,9-12,14H2,1-2H3,(H,24,26,31). The number of aryl methyl sites for hydroxylation is 2. The van der Waals surface area contributed by atoms with E-state index in [0.717, 1.165) is 30.9 Å². The van der Waals surface area contributed by atoms with Gasteiger partial charge in [-0.15, -0.1) is 5.10 Å². The van der Waals surface area contributed by atoms with E-state index in [1.165, 1.54) is 15.7 Å². The van der Waals surface area contributed by atoms with E-state index in [0.29, 0.717) is 23.0 Å². The quantitative estimate of drug-likeness (QED) is 0.488. The Morgan fingerprint density at radius 3 is 2.52 bits per heavy atom. The predicted octanol–water partition coefficient (Wildman–Crippen LogP) is 1.46. The lowest BCUT2D eigenvalue weighted by atomic mass is 10.2. The largest absolute Gasteiger partial charge is 0.368 e. The van der Waals surface area contributed by atoms with Crippen LogP contribution in [-0.4, -0.2) is 56.4 Å². The first-order valence-electron chi connectivity index (χ1n) is 10.7. The zero-order valence-corrected chi connectivity index (χ0v) is 18.4. The zero-order valence-electron chi connectivity index (χ0n) is 18.4. The summed E-state index contributed by atoms with van der Waals surface area (Å²) in [6.45, 7) is 6.71. The Hall–Kier alpha value is -4.15. The SMILES string of the molecule is Cc1ccc(N2CCN(c3nccn4c(=O)n(CC(=O)Nc5cc(C)on5)nc34)CC2)cc1. The zero-order chi connectivity index (χ0) is 22.9. The minimum atomic E-state index is -0.421. The molecule has 1 amide bonds. The first kappa shape index (κ1) is 20.7. The number of anilines is 3. The molecule has 1 fully saturated rings. The molecule has 1 aliphatic rings. The lowest BCUT2D eigenvalue weighted by molar-refractivity contribution is -0.117. The van der Waals surface area contributed by atoms with Crippen LogP contribution in [0.15, 0.2) is 52.0 Å². The van der Waals surface area contributed by atoms with Gasteiger partial charge in [0.2, 0.25) is 11.6 Å². The third kappa shape index (κ3) is 4.16. The summed E-state index contributed by atoms with van der Waals surface area (Å²) in [5.74, 6) is 1.08. The van der Waals surface area contributed by atoms with Gasteiger partial charge in [0.05, 0.1) is 0 Å². The Bertz CT molecular complexity index is 1350. The Morgan fingerprint density at radius 2 is 1.82 bits per heavy atom. The third-order valence-corrected chi connectivity index (χ3v) is 5.65. The number of amides is 1. The second kappa shape index (κ2) is 8.41. The van der Waals surface area contributed by atoms with Gasteiger partial charge in [-0.2, -0.15) is 0 Å². The van der Waals surface area contributed by atoms with Crippen LogP contribution in [0.2, 0.25) is 0 Å². The third-order valence-electron chi connectivity index (χ3n) is 5.65. The average Bonchev–Trinajstić information content (AvgIpc) is 3.37. The van der Waals surface area contributed by atoms with Crippen LogP contribution in [0.25, 0.3) is 5.65 Å². The smallest absolute Gasteiger partial charge is 0.350 e. The molecule has 4 heterocycles. The van der Waals surface area contributed by atoms with E-state index < -0.39 is 11.6 Å². The van der Waals surface area contributed by atoms with Gasteiger partial charge >= 0.3 is 5.69 Å². The monoisotopic (exact) mass is 448 g/mol. The van der Waals surface area contributed by atoms with Crippen LogP contribution in [0, 0.1) is 13.8 Å². The van der Waals surface area contributed by atoms with Crippen LogP contribution in [0.5, 0.6) is 0 Å². The molecule has 4 aromatic rings. The van der Waals surface area contributed by atoms with Gasteiger partial charge in [-0.3, -0.25) is 4.79 Å². The predicted molar refractivity (Wildman–Crippen MR) is 123 cm³/mol. The maximum absolute atomic E-state index is 12.8. The van der Waals surface area contributed by atoms with E-state index in [4.69, 9.17) is 4.52 Å². The Kier molecular flexibility index (Phi) is 5.29. The summed E-state index contributed by atoms with van der Waals surface area (Å²) >= 11 is 0. The van der Waals surface area contributed by atoms with Gasteiger partial charge in [-0.25, -0.2) is 18.9 Å². The first-order valence-corrected chi connectivity index (χ1v) is 10.7. The summed E-state index contributed by atoms with van der Waals surface area (Å²) in [5, 5.41) is 10.7. The molecule has 0 bridgehead atoms. The van der Waals surface area contributed by atoms with Crippen LogP contribution < -0.4 is 20.8 Å². The van der Waals surface area contributed by atoms with E-state index in [1.807, 2.05) is 0 Å². The van der Waals surface area contributed by atoms with Gasteiger partial charge in [0.15, 0.2) is 11.6 Å². The molecule has 1 saturated heterocycles. The number of aromatic nitrogens is 5. The topological polar surface area (TPSA) is 114 Å². The Balaban J connectivity index is 1.33. The van der Waals surface area contributed by atoms with Crippen molar-refractivity contribution in [3.8, 4) is 0 Å². The summed E-state index contributed by atoms with van der Waals surface area (Å²) in [7, 11) is 0. The van der Waals surface area contributed by atoms with Crippen LogP contribution in [0.3, 0.4) is 0 Å². The van der Waals surface area contributed by atoms with Crippen molar-refractivity contribution in [2.24, 2.45) is 0 Å². The number of fused-ring (bicyclic) bond motifs is 1. The van der Waals surface area contributed by atoms with E-state index in [1.54, 1.807) is 25.4 Å². The molecular weight excluding hydrogens is 424 g/mol. The van der Waals surface area contributed by atoms with Crippen LogP contribution >= 0.6 is 0 Å². The summed E-state index contributed by atoms with van der Waals surface area (Å²) < 4.78 is 7.49. The van der Waals surface area contributed by atoms with Crippen molar-refractivity contribution in [1.82, 2.24) is 24.3 Å². The number of hydrogen-bond acceptors (Lipinski definition) is 8. The lowest BCUT2D eigenvalue weighted by Gasteiger charge is -2.36. The maximum Gasteiger partial charge on any atom is 0.350 e. The number of nitrogens with zero attached hydrogens (tertiary/aromatic N) is 7. The second-order valence-electron chi connectivity index (χ2n) is 8.07. The molecule has 1 N–H and O–H groups in total. The van der Waals surface area contributed by atoms with Crippen molar-refractivity contribution in [2.75, 3.05) is 41.3 Å². The van der Waals surface area contributed by atoms with Gasteiger partial charge in [0.1, 0.15) is 12.3 Å². The summed E-state index contributed by atoms with van der Waals surface area (Å²) in [4.78, 5) is 34.1. The molecule has 0 radical (unpaired) electrons. The van der Waals surface area contributed by atoms with Crippen molar-refractivity contribution < 1.29 is 9.32 Å². The Labute approximate surface area is 189 Å². The molecule has 11 heteroatoms. The van der Waals surface area contributed by atoms with Crippen molar-refractivity contribution in [2.45, 2.75) is 20.4 Å². The molecule has 0 atom stereocenters. The highest BCUT2D eigenvalue weighted by molar-refractivity contribution is 5.89. The highest BCUT2D eigenvalue weighted by Crippen LogP contribution is 2.21. The number of piperazine rings is 1. The van der Waals surface area contributed by atoms with Crippen molar-refractivity contribution in [1.29, 1.82) is 0 Å². The molecule has 33 heavy (non-hydrogen) atoms. The molecular formula is C22H24N8O3. The van der Waals surface area contributed by atoms with E-state index >= 15 is 0 Å². The fourth-order valence-corrected chi connectivity index (χ4v) is 3.94. The maximum atomic E-state index is 12.8. The molecule has 3 aromatic heterocycles. The van der Waals surface area contributed by atoms with Crippen LogP contribution in [-0.2, 0) is 11.3 Å². The molecule has 0 spiro atoms. The number of carbonyl (C=O) groups excluding carboxylic acids is 1. The normalized spacial score (nSPS) is 14.1. The molecule has 0 unspecified atom stereocenters. The second-order valence-corrected chi connectivity index (χ2v) is 8.07. The molecule has 170 valence electrons. The highest BCUT2D eigenvalue weighted by Gasteiger charge is 2.23. The van der Waals surface area contributed by atoms with E-state index in [-0.39, 0.29) is 6.54 Å². The fraction of sp³-hybridized carbons (Fsp3) is 0.318. The van der Waals surface area contributed by atoms with Crippen LogP contribution in [0.1, 0.15) is 11.3 Å². The van der Waals surface area contributed by atoms with E-state index in [2.05, 4.69) is 61.5 Å². The lowest BCUT2D eigenvalue weighted by Crippen LogP contribution is -2.47. The number of benzene rings is 1. The van der Waals surface area contributed by atoms with Gasteiger partial charge < -0.3 is 19.6 Å². The van der Waals surface area contributed by atoms with Gasteiger partial charge in [-0.1, -0.05) is 22.9 Å².